The van der Waals surface area contributed by atoms with E-state index in [9.17, 15) is 0 Å². The highest BCUT2D eigenvalue weighted by Gasteiger charge is 2.12. The van der Waals surface area contributed by atoms with Gasteiger partial charge in [0.15, 0.2) is 0 Å². The topological polar surface area (TPSA) is 32.7 Å². The molecule has 0 saturated carbocycles. The Labute approximate surface area is 97.7 Å². The number of methoxy groups -OCH3 is 1. The molecule has 1 unspecified atom stereocenters. The predicted molar refractivity (Wildman–Crippen MR) is 67.4 cm³/mol. The molecule has 1 aromatic carbocycles. The molecule has 0 aromatic heterocycles. The minimum absolute atomic E-state index is 0.208. The maximum atomic E-state index is 8.96. The van der Waals surface area contributed by atoms with Gasteiger partial charge in [-0.2, -0.15) is 0 Å². The van der Waals surface area contributed by atoms with Crippen LogP contribution in [0.5, 0.6) is 5.75 Å². The van der Waals surface area contributed by atoms with Gasteiger partial charge in [-0.05, 0) is 24.0 Å². The van der Waals surface area contributed by atoms with E-state index in [4.69, 9.17) is 9.84 Å². The molecule has 0 saturated heterocycles. The predicted octanol–water partition coefficient (Wildman–Crippen LogP) is 2.25. The zero-order valence-electron chi connectivity index (χ0n) is 10.5. The fourth-order valence-corrected chi connectivity index (χ4v) is 1.73. The van der Waals surface area contributed by atoms with Gasteiger partial charge in [-0.15, -0.1) is 0 Å². The molecular formula is C13H21NO2. The molecule has 0 bridgehead atoms. The molecule has 0 aliphatic heterocycles. The highest BCUT2D eigenvalue weighted by molar-refractivity contribution is 5.53. The molecule has 1 aromatic rings. The summed E-state index contributed by atoms with van der Waals surface area (Å²) in [4.78, 5) is 2.04. The van der Waals surface area contributed by atoms with Crippen molar-refractivity contribution < 1.29 is 9.84 Å². The van der Waals surface area contributed by atoms with E-state index in [0.29, 0.717) is 5.92 Å². The first kappa shape index (κ1) is 12.8. The average molecular weight is 223 g/mol. The minimum Gasteiger partial charge on any atom is -0.496 e. The summed E-state index contributed by atoms with van der Waals surface area (Å²) in [7, 11) is 5.70. The highest BCUT2D eigenvalue weighted by Crippen LogP contribution is 2.31. The van der Waals surface area contributed by atoms with Gasteiger partial charge in [0.1, 0.15) is 5.75 Å². The van der Waals surface area contributed by atoms with Crippen molar-refractivity contribution in [3.05, 3.63) is 23.8 Å². The van der Waals surface area contributed by atoms with Crippen LogP contribution in [-0.4, -0.2) is 32.9 Å². The maximum Gasteiger partial charge on any atom is 0.124 e. The number of hydrogen-bond donors (Lipinski definition) is 1. The average Bonchev–Trinajstić information content (AvgIpc) is 2.28. The van der Waals surface area contributed by atoms with Crippen LogP contribution in [0, 0.1) is 0 Å². The van der Waals surface area contributed by atoms with Crippen LogP contribution in [-0.2, 0) is 0 Å². The number of aliphatic hydroxyl groups is 1. The van der Waals surface area contributed by atoms with Crippen LogP contribution in [0.15, 0.2) is 18.2 Å². The Balaban J connectivity index is 3.01. The van der Waals surface area contributed by atoms with Gasteiger partial charge in [0.2, 0.25) is 0 Å². The third-order valence-corrected chi connectivity index (χ3v) is 2.83. The molecule has 1 rings (SSSR count). The van der Waals surface area contributed by atoms with Gasteiger partial charge >= 0.3 is 0 Å². The molecule has 16 heavy (non-hydrogen) atoms. The molecule has 0 radical (unpaired) electrons. The van der Waals surface area contributed by atoms with E-state index in [0.717, 1.165) is 23.4 Å². The summed E-state index contributed by atoms with van der Waals surface area (Å²) >= 11 is 0. The van der Waals surface area contributed by atoms with Gasteiger partial charge in [0, 0.05) is 32.5 Å². The van der Waals surface area contributed by atoms with Crippen molar-refractivity contribution in [1.82, 2.24) is 0 Å². The summed E-state index contributed by atoms with van der Waals surface area (Å²) in [5, 5.41) is 8.96. The number of nitrogens with zero attached hydrogens (tertiary/aromatic N) is 1. The normalized spacial score (nSPS) is 12.3. The number of ether oxygens (including phenoxy) is 1. The lowest BCUT2D eigenvalue weighted by Gasteiger charge is -2.19. The molecule has 1 N–H and O–H groups in total. The molecule has 0 fully saturated rings. The van der Waals surface area contributed by atoms with Crippen LogP contribution in [0.2, 0.25) is 0 Å². The van der Waals surface area contributed by atoms with Gasteiger partial charge < -0.3 is 14.7 Å². The van der Waals surface area contributed by atoms with E-state index >= 15 is 0 Å². The Bertz CT molecular complexity index is 337. The van der Waals surface area contributed by atoms with Crippen LogP contribution in [0.1, 0.15) is 24.8 Å². The molecule has 0 heterocycles. The van der Waals surface area contributed by atoms with Crippen molar-refractivity contribution in [1.29, 1.82) is 0 Å². The largest absolute Gasteiger partial charge is 0.496 e. The van der Waals surface area contributed by atoms with E-state index < -0.39 is 0 Å². The van der Waals surface area contributed by atoms with Gasteiger partial charge in [-0.25, -0.2) is 0 Å². The molecule has 3 heteroatoms. The smallest absolute Gasteiger partial charge is 0.124 e. The zero-order chi connectivity index (χ0) is 12.1. The third kappa shape index (κ3) is 2.89. The van der Waals surface area contributed by atoms with Crippen molar-refractivity contribution in [2.75, 3.05) is 32.7 Å². The van der Waals surface area contributed by atoms with E-state index in [1.807, 2.05) is 25.1 Å². The van der Waals surface area contributed by atoms with Crippen molar-refractivity contribution >= 4 is 5.69 Å². The second kappa shape index (κ2) is 5.75. The lowest BCUT2D eigenvalue weighted by molar-refractivity contribution is 0.277. The zero-order valence-corrected chi connectivity index (χ0v) is 10.5. The van der Waals surface area contributed by atoms with E-state index in [1.54, 1.807) is 7.11 Å². The lowest BCUT2D eigenvalue weighted by atomic mass is 9.97. The summed E-state index contributed by atoms with van der Waals surface area (Å²) in [5.41, 5.74) is 2.28. The Hall–Kier alpha value is -1.22. The third-order valence-electron chi connectivity index (χ3n) is 2.83. The fraction of sp³-hybridized carbons (Fsp3) is 0.538. The van der Waals surface area contributed by atoms with Crippen molar-refractivity contribution in [2.24, 2.45) is 0 Å². The number of benzene rings is 1. The van der Waals surface area contributed by atoms with Gasteiger partial charge in [-0.1, -0.05) is 13.0 Å². The second-order valence-electron chi connectivity index (χ2n) is 4.23. The molecule has 0 aliphatic carbocycles. The summed E-state index contributed by atoms with van der Waals surface area (Å²) < 4.78 is 5.40. The van der Waals surface area contributed by atoms with Crippen molar-refractivity contribution in [2.45, 2.75) is 19.3 Å². The summed E-state index contributed by atoms with van der Waals surface area (Å²) in [6.45, 7) is 2.31. The standard InChI is InChI=1S/C13H21NO2/c1-10(7-8-15)12-6-5-11(14(2)3)9-13(12)16-4/h5-6,9-10,15H,7-8H2,1-4H3. The van der Waals surface area contributed by atoms with E-state index in [-0.39, 0.29) is 6.61 Å². The van der Waals surface area contributed by atoms with Crippen LogP contribution in [0.4, 0.5) is 5.69 Å². The fourth-order valence-electron chi connectivity index (χ4n) is 1.73. The number of rotatable bonds is 5. The van der Waals surface area contributed by atoms with Crippen LogP contribution >= 0.6 is 0 Å². The lowest BCUT2D eigenvalue weighted by Crippen LogP contribution is -2.09. The van der Waals surface area contributed by atoms with Crippen molar-refractivity contribution in [3.8, 4) is 5.75 Å². The van der Waals surface area contributed by atoms with Gasteiger partial charge in [-0.3, -0.25) is 0 Å². The maximum absolute atomic E-state index is 8.96. The number of aliphatic hydroxyl groups excluding tert-OH is 1. The number of anilines is 1. The van der Waals surface area contributed by atoms with E-state index in [2.05, 4.69) is 19.1 Å². The quantitative estimate of drug-likeness (QED) is 0.831. The Morgan fingerprint density at radius 3 is 2.56 bits per heavy atom. The molecule has 3 nitrogen and oxygen atoms in total. The van der Waals surface area contributed by atoms with Crippen molar-refractivity contribution in [3.63, 3.8) is 0 Å². The highest BCUT2D eigenvalue weighted by atomic mass is 16.5. The van der Waals surface area contributed by atoms with Crippen LogP contribution in [0.3, 0.4) is 0 Å². The van der Waals surface area contributed by atoms with E-state index in [1.165, 1.54) is 0 Å². The molecular weight excluding hydrogens is 202 g/mol. The molecule has 0 amide bonds. The molecule has 1 atom stereocenters. The summed E-state index contributed by atoms with van der Waals surface area (Å²) in [6.07, 6.45) is 0.762. The monoisotopic (exact) mass is 223 g/mol. The molecule has 0 spiro atoms. The first-order chi connectivity index (χ1) is 7.60. The van der Waals surface area contributed by atoms with Gasteiger partial charge in [0.25, 0.3) is 0 Å². The summed E-state index contributed by atoms with van der Waals surface area (Å²) in [5.74, 6) is 1.21. The van der Waals surface area contributed by atoms with Crippen LogP contribution < -0.4 is 9.64 Å². The first-order valence-corrected chi connectivity index (χ1v) is 5.56. The Kier molecular flexibility index (Phi) is 4.62. The SMILES string of the molecule is COc1cc(N(C)C)ccc1C(C)CCO. The minimum atomic E-state index is 0.208. The molecule has 90 valence electrons. The van der Waals surface area contributed by atoms with Crippen LogP contribution in [0.25, 0.3) is 0 Å². The van der Waals surface area contributed by atoms with Gasteiger partial charge in [0.05, 0.1) is 7.11 Å². The molecule has 0 aliphatic rings. The number of hydrogen-bond acceptors (Lipinski definition) is 3. The first-order valence-electron chi connectivity index (χ1n) is 5.56. The Morgan fingerprint density at radius 1 is 1.38 bits per heavy atom. The summed E-state index contributed by atoms with van der Waals surface area (Å²) in [6, 6.07) is 6.18. The second-order valence-corrected chi connectivity index (χ2v) is 4.23. The Morgan fingerprint density at radius 2 is 2.06 bits per heavy atom.